The van der Waals surface area contributed by atoms with Gasteiger partial charge in [0.2, 0.25) is 0 Å². The van der Waals surface area contributed by atoms with Gasteiger partial charge in [-0.25, -0.2) is 0 Å². The number of benzene rings is 1. The van der Waals surface area contributed by atoms with E-state index >= 15 is 0 Å². The molecule has 1 aromatic rings. The van der Waals surface area contributed by atoms with Gasteiger partial charge in [0, 0.05) is 6.54 Å². The second-order valence-electron chi connectivity index (χ2n) is 5.69. The number of rotatable bonds is 5. The molecule has 1 aliphatic carbocycles. The molecule has 1 aromatic carbocycles. The average Bonchev–Trinajstić information content (AvgIpc) is 3.16. The first kappa shape index (κ1) is 12.7. The Hall–Kier alpha value is -1.35. The van der Waals surface area contributed by atoms with Crippen molar-refractivity contribution in [2.24, 2.45) is 5.92 Å². The van der Waals surface area contributed by atoms with Crippen molar-refractivity contribution < 1.29 is 9.53 Å². The van der Waals surface area contributed by atoms with Crippen molar-refractivity contribution >= 4 is 5.97 Å². The van der Waals surface area contributed by atoms with Crippen LogP contribution in [-0.4, -0.2) is 30.1 Å². The monoisotopic (exact) mass is 259 g/mol. The zero-order chi connectivity index (χ0) is 13.1. The molecule has 0 radical (unpaired) electrons. The Balaban J connectivity index is 1.55. The van der Waals surface area contributed by atoms with Crippen molar-refractivity contribution in [1.29, 1.82) is 0 Å². The topological polar surface area (TPSA) is 29.5 Å². The molecule has 2 fully saturated rings. The summed E-state index contributed by atoms with van der Waals surface area (Å²) in [6.45, 7) is 2.48. The van der Waals surface area contributed by atoms with Crippen LogP contribution in [0.3, 0.4) is 0 Å². The molecule has 3 heteroatoms. The summed E-state index contributed by atoms with van der Waals surface area (Å²) in [6.07, 6.45) is 4.49. The maximum atomic E-state index is 12.1. The lowest BCUT2D eigenvalue weighted by Crippen LogP contribution is -2.37. The minimum absolute atomic E-state index is 0.0136. The molecule has 3 nitrogen and oxygen atoms in total. The number of ether oxygens (including phenoxy) is 1. The van der Waals surface area contributed by atoms with E-state index in [2.05, 4.69) is 17.0 Å². The summed E-state index contributed by atoms with van der Waals surface area (Å²) in [6, 6.07) is 10.3. The maximum Gasteiger partial charge on any atom is 0.323 e. The molecule has 0 bridgehead atoms. The largest absolute Gasteiger partial charge is 0.464 e. The van der Waals surface area contributed by atoms with E-state index in [0.717, 1.165) is 25.9 Å². The van der Waals surface area contributed by atoms with E-state index in [4.69, 9.17) is 4.74 Å². The minimum Gasteiger partial charge on any atom is -0.464 e. The van der Waals surface area contributed by atoms with Crippen LogP contribution in [0.5, 0.6) is 0 Å². The predicted molar refractivity (Wildman–Crippen MR) is 73.6 cm³/mol. The Bertz CT molecular complexity index is 428. The van der Waals surface area contributed by atoms with E-state index in [-0.39, 0.29) is 12.0 Å². The molecule has 3 rings (SSSR count). The van der Waals surface area contributed by atoms with Gasteiger partial charge < -0.3 is 4.74 Å². The fraction of sp³-hybridized carbons (Fsp3) is 0.562. The number of hydrogen-bond acceptors (Lipinski definition) is 3. The Kier molecular flexibility index (Phi) is 3.83. The van der Waals surface area contributed by atoms with Crippen LogP contribution in [0.25, 0.3) is 0 Å². The third-order valence-corrected chi connectivity index (χ3v) is 4.02. The number of hydrogen-bond donors (Lipinski definition) is 0. The molecule has 102 valence electrons. The lowest BCUT2D eigenvalue weighted by Gasteiger charge is -2.23. The van der Waals surface area contributed by atoms with Gasteiger partial charge in [-0.15, -0.1) is 0 Å². The van der Waals surface area contributed by atoms with E-state index < -0.39 is 0 Å². The summed E-state index contributed by atoms with van der Waals surface area (Å²) in [4.78, 5) is 14.4. The number of carbonyl (C=O) groups excluding carboxylic acids is 1. The maximum absolute atomic E-state index is 12.1. The fourth-order valence-corrected chi connectivity index (χ4v) is 2.68. The average molecular weight is 259 g/mol. The van der Waals surface area contributed by atoms with Crippen molar-refractivity contribution in [1.82, 2.24) is 4.90 Å². The van der Waals surface area contributed by atoms with Crippen LogP contribution in [0.4, 0.5) is 0 Å². The van der Waals surface area contributed by atoms with Crippen LogP contribution in [0.15, 0.2) is 30.3 Å². The SMILES string of the molecule is O=C(OCC1CC1)C1CCCN1Cc1ccccc1. The summed E-state index contributed by atoms with van der Waals surface area (Å²) in [5.41, 5.74) is 1.27. The molecular formula is C16H21NO2. The van der Waals surface area contributed by atoms with E-state index in [9.17, 15) is 4.79 Å². The zero-order valence-electron chi connectivity index (χ0n) is 11.3. The Morgan fingerprint density at radius 2 is 2.00 bits per heavy atom. The van der Waals surface area contributed by atoms with Gasteiger partial charge in [-0.1, -0.05) is 30.3 Å². The first-order chi connectivity index (χ1) is 9.33. The number of likely N-dealkylation sites (tertiary alicyclic amines) is 1. The molecule has 0 N–H and O–H groups in total. The van der Waals surface area contributed by atoms with Crippen LogP contribution in [0.2, 0.25) is 0 Å². The highest BCUT2D eigenvalue weighted by Gasteiger charge is 2.33. The highest BCUT2D eigenvalue weighted by atomic mass is 16.5. The number of esters is 1. The molecule has 1 unspecified atom stereocenters. The Morgan fingerprint density at radius 1 is 1.21 bits per heavy atom. The van der Waals surface area contributed by atoms with Crippen LogP contribution in [0, 0.1) is 5.92 Å². The molecule has 1 aliphatic heterocycles. The van der Waals surface area contributed by atoms with Crippen molar-refractivity contribution in [3.63, 3.8) is 0 Å². The van der Waals surface area contributed by atoms with Crippen LogP contribution >= 0.6 is 0 Å². The molecule has 19 heavy (non-hydrogen) atoms. The van der Waals surface area contributed by atoms with Crippen molar-refractivity contribution in [3.05, 3.63) is 35.9 Å². The number of carbonyl (C=O) groups is 1. The van der Waals surface area contributed by atoms with Crippen LogP contribution < -0.4 is 0 Å². The summed E-state index contributed by atoms with van der Waals surface area (Å²) in [5, 5.41) is 0. The molecule has 0 aromatic heterocycles. The van der Waals surface area contributed by atoms with Gasteiger partial charge in [0.1, 0.15) is 6.04 Å². The summed E-state index contributed by atoms with van der Waals surface area (Å²) >= 11 is 0. The molecule has 1 saturated carbocycles. The van der Waals surface area contributed by atoms with Crippen molar-refractivity contribution in [3.8, 4) is 0 Å². The molecule has 1 atom stereocenters. The minimum atomic E-state index is -0.0287. The lowest BCUT2D eigenvalue weighted by atomic mass is 10.2. The second-order valence-corrected chi connectivity index (χ2v) is 5.69. The third kappa shape index (κ3) is 3.35. The molecule has 1 saturated heterocycles. The van der Waals surface area contributed by atoms with Gasteiger partial charge in [0.25, 0.3) is 0 Å². The highest BCUT2D eigenvalue weighted by Crippen LogP contribution is 2.29. The summed E-state index contributed by atoms with van der Waals surface area (Å²) < 4.78 is 5.44. The van der Waals surface area contributed by atoms with E-state index in [1.165, 1.54) is 18.4 Å². The summed E-state index contributed by atoms with van der Waals surface area (Å²) in [5.74, 6) is 0.633. The standard InChI is InChI=1S/C16H21NO2/c18-16(19-12-14-8-9-14)15-7-4-10-17(15)11-13-5-2-1-3-6-13/h1-3,5-6,14-15H,4,7-12H2. The predicted octanol–water partition coefficient (Wildman–Crippen LogP) is 2.60. The van der Waals surface area contributed by atoms with Crippen LogP contribution in [0.1, 0.15) is 31.2 Å². The Morgan fingerprint density at radius 3 is 2.74 bits per heavy atom. The van der Waals surface area contributed by atoms with Gasteiger partial charge >= 0.3 is 5.97 Å². The third-order valence-electron chi connectivity index (χ3n) is 4.02. The zero-order valence-corrected chi connectivity index (χ0v) is 11.3. The van der Waals surface area contributed by atoms with Gasteiger partial charge in [-0.05, 0) is 43.7 Å². The van der Waals surface area contributed by atoms with Gasteiger partial charge in [0.15, 0.2) is 0 Å². The van der Waals surface area contributed by atoms with Gasteiger partial charge in [-0.3, -0.25) is 9.69 Å². The number of nitrogens with zero attached hydrogens (tertiary/aromatic N) is 1. The Labute approximate surface area is 114 Å². The van der Waals surface area contributed by atoms with Crippen molar-refractivity contribution in [2.75, 3.05) is 13.2 Å². The molecule has 0 amide bonds. The van der Waals surface area contributed by atoms with Crippen molar-refractivity contribution in [2.45, 2.75) is 38.3 Å². The highest BCUT2D eigenvalue weighted by molar-refractivity contribution is 5.76. The quantitative estimate of drug-likeness (QED) is 0.761. The van der Waals surface area contributed by atoms with Crippen LogP contribution in [-0.2, 0) is 16.1 Å². The van der Waals surface area contributed by atoms with E-state index in [1.807, 2.05) is 18.2 Å². The first-order valence-electron chi connectivity index (χ1n) is 7.27. The molecular weight excluding hydrogens is 238 g/mol. The van der Waals surface area contributed by atoms with E-state index in [0.29, 0.717) is 12.5 Å². The van der Waals surface area contributed by atoms with Gasteiger partial charge in [-0.2, -0.15) is 0 Å². The smallest absolute Gasteiger partial charge is 0.323 e. The fourth-order valence-electron chi connectivity index (χ4n) is 2.68. The van der Waals surface area contributed by atoms with Gasteiger partial charge in [0.05, 0.1) is 6.61 Å². The normalized spacial score (nSPS) is 23.5. The summed E-state index contributed by atoms with van der Waals surface area (Å²) in [7, 11) is 0. The first-order valence-corrected chi connectivity index (χ1v) is 7.27. The lowest BCUT2D eigenvalue weighted by molar-refractivity contribution is -0.149. The van der Waals surface area contributed by atoms with E-state index in [1.54, 1.807) is 0 Å². The molecule has 0 spiro atoms. The molecule has 2 aliphatic rings. The second kappa shape index (κ2) is 5.74. The molecule has 1 heterocycles.